The lowest BCUT2D eigenvalue weighted by atomic mass is 9.97. The number of rotatable bonds is 8. The third kappa shape index (κ3) is 5.31. The number of carbonyl (C=O) groups excluding carboxylic acids is 1. The Morgan fingerprint density at radius 1 is 1.03 bits per heavy atom. The summed E-state index contributed by atoms with van der Waals surface area (Å²) in [7, 11) is 2.78. The van der Waals surface area contributed by atoms with Gasteiger partial charge < -0.3 is 24.4 Å². The molecule has 0 aliphatic rings. The van der Waals surface area contributed by atoms with Crippen molar-refractivity contribution in [1.82, 2.24) is 0 Å². The number of methoxy groups -OCH3 is 2. The number of fused-ring (bicyclic) bond motifs is 1. The molecule has 0 fully saturated rings. The predicted octanol–water partition coefficient (Wildman–Crippen LogP) is 5.88. The zero-order valence-corrected chi connectivity index (χ0v) is 19.6. The van der Waals surface area contributed by atoms with Crippen molar-refractivity contribution in [3.63, 3.8) is 0 Å². The van der Waals surface area contributed by atoms with E-state index in [0.29, 0.717) is 33.8 Å². The van der Waals surface area contributed by atoms with Crippen molar-refractivity contribution in [3.8, 4) is 22.6 Å². The van der Waals surface area contributed by atoms with Crippen LogP contribution in [0, 0.1) is 0 Å². The van der Waals surface area contributed by atoms with Crippen LogP contribution in [0.4, 0.5) is 13.2 Å². The molecule has 0 bridgehead atoms. The van der Waals surface area contributed by atoms with Crippen molar-refractivity contribution < 1.29 is 36.6 Å². The van der Waals surface area contributed by atoms with Crippen LogP contribution in [0.5, 0.6) is 11.5 Å². The third-order valence-corrected chi connectivity index (χ3v) is 5.74. The Balaban J connectivity index is 1.77. The quantitative estimate of drug-likeness (QED) is 0.305. The van der Waals surface area contributed by atoms with E-state index in [1.165, 1.54) is 20.3 Å². The van der Waals surface area contributed by atoms with Gasteiger partial charge in [-0.2, -0.15) is 13.2 Å². The molecule has 6 nitrogen and oxygen atoms in total. The summed E-state index contributed by atoms with van der Waals surface area (Å²) in [6.45, 7) is 0.216. The van der Waals surface area contributed by atoms with Crippen molar-refractivity contribution in [2.24, 2.45) is 5.73 Å². The van der Waals surface area contributed by atoms with Gasteiger partial charge >= 0.3 is 12.1 Å². The number of ether oxygens (including phenoxy) is 3. The van der Waals surface area contributed by atoms with Crippen molar-refractivity contribution >= 4 is 16.9 Å². The van der Waals surface area contributed by atoms with Gasteiger partial charge in [-0.15, -0.1) is 0 Å². The van der Waals surface area contributed by atoms with Crippen LogP contribution in [0.15, 0.2) is 65.3 Å². The maximum Gasteiger partial charge on any atom is 0.420 e. The molecular formula is C27H24F3NO5. The zero-order valence-electron chi connectivity index (χ0n) is 19.6. The molecule has 0 saturated heterocycles. The Labute approximate surface area is 205 Å². The summed E-state index contributed by atoms with van der Waals surface area (Å²) in [5.74, 6) is 0.402. The Kier molecular flexibility index (Phi) is 7.21. The molecule has 3 aromatic carbocycles. The first-order valence-electron chi connectivity index (χ1n) is 11.0. The minimum Gasteiger partial charge on any atom is -0.497 e. The summed E-state index contributed by atoms with van der Waals surface area (Å²) in [6, 6.07) is 15.3. The molecule has 0 radical (unpaired) electrons. The monoisotopic (exact) mass is 499 g/mol. The molecule has 1 aromatic heterocycles. The Morgan fingerprint density at radius 2 is 1.83 bits per heavy atom. The summed E-state index contributed by atoms with van der Waals surface area (Å²) in [6.07, 6.45) is -3.91. The van der Waals surface area contributed by atoms with E-state index < -0.39 is 17.7 Å². The van der Waals surface area contributed by atoms with E-state index in [0.717, 1.165) is 11.8 Å². The number of benzene rings is 3. The average Bonchev–Trinajstić information content (AvgIpc) is 3.32. The van der Waals surface area contributed by atoms with Gasteiger partial charge in [-0.05, 0) is 41.0 Å². The number of hydrogen-bond donors (Lipinski definition) is 1. The Hall–Kier alpha value is -3.98. The fourth-order valence-electron chi connectivity index (χ4n) is 3.91. The summed E-state index contributed by atoms with van der Waals surface area (Å²) >= 11 is 0. The van der Waals surface area contributed by atoms with Gasteiger partial charge in [-0.1, -0.05) is 24.3 Å². The van der Waals surface area contributed by atoms with Crippen molar-refractivity contribution in [2.45, 2.75) is 25.7 Å². The molecule has 4 rings (SSSR count). The van der Waals surface area contributed by atoms with E-state index in [1.54, 1.807) is 36.4 Å². The van der Waals surface area contributed by atoms with E-state index in [-0.39, 0.29) is 30.5 Å². The van der Waals surface area contributed by atoms with Crippen LogP contribution in [-0.4, -0.2) is 20.2 Å². The van der Waals surface area contributed by atoms with Crippen molar-refractivity contribution in [1.29, 1.82) is 0 Å². The van der Waals surface area contributed by atoms with Crippen LogP contribution in [0.25, 0.3) is 22.1 Å². The van der Waals surface area contributed by atoms with E-state index in [2.05, 4.69) is 0 Å². The van der Waals surface area contributed by atoms with E-state index in [4.69, 9.17) is 24.4 Å². The number of carbonyl (C=O) groups is 1. The Morgan fingerprint density at radius 3 is 2.53 bits per heavy atom. The highest BCUT2D eigenvalue weighted by Gasteiger charge is 2.35. The van der Waals surface area contributed by atoms with E-state index in [9.17, 15) is 18.0 Å². The topological polar surface area (TPSA) is 83.9 Å². The molecule has 4 aromatic rings. The minimum absolute atomic E-state index is 0.0358. The lowest BCUT2D eigenvalue weighted by Crippen LogP contribution is -2.07. The second-order valence-electron chi connectivity index (χ2n) is 8.09. The molecule has 0 aliphatic heterocycles. The van der Waals surface area contributed by atoms with Crippen LogP contribution in [0.1, 0.15) is 22.3 Å². The van der Waals surface area contributed by atoms with E-state index >= 15 is 0 Å². The van der Waals surface area contributed by atoms with Gasteiger partial charge in [0, 0.05) is 29.1 Å². The van der Waals surface area contributed by atoms with Crippen LogP contribution < -0.4 is 15.2 Å². The molecule has 0 amide bonds. The summed E-state index contributed by atoms with van der Waals surface area (Å²) in [5.41, 5.74) is 8.02. The van der Waals surface area contributed by atoms with Gasteiger partial charge in [0.05, 0.1) is 20.6 Å². The first kappa shape index (κ1) is 25.1. The number of hydrogen-bond acceptors (Lipinski definition) is 6. The standard InChI is InChI=1S/C27H24F3NO5/c1-33-20-7-6-19(11-25(32)34-2)24(12-20)35-14-17-9-21(18-5-3-4-16(8-18)13-31)26-22(10-17)23(15-36-26)27(28,29)30/h3-10,12,15H,11,13-14,31H2,1-2H3. The lowest BCUT2D eigenvalue weighted by Gasteiger charge is -2.14. The van der Waals surface area contributed by atoms with Crippen LogP contribution in [0.2, 0.25) is 0 Å². The highest BCUT2D eigenvalue weighted by Crippen LogP contribution is 2.41. The molecule has 2 N–H and O–H groups in total. The van der Waals surface area contributed by atoms with Crippen molar-refractivity contribution in [2.75, 3.05) is 14.2 Å². The zero-order chi connectivity index (χ0) is 25.9. The summed E-state index contributed by atoms with van der Waals surface area (Å²) < 4.78 is 62.5. The second kappa shape index (κ2) is 10.3. The first-order chi connectivity index (χ1) is 17.2. The fraction of sp³-hybridized carbons (Fsp3) is 0.222. The number of furan rings is 1. The number of alkyl halides is 3. The molecule has 0 atom stereocenters. The van der Waals surface area contributed by atoms with Crippen molar-refractivity contribution in [3.05, 3.63) is 83.1 Å². The SMILES string of the molecule is COC(=O)Cc1ccc(OC)cc1OCc1cc(-c2cccc(CN)c2)c2occ(C(F)(F)F)c2c1. The summed E-state index contributed by atoms with van der Waals surface area (Å²) in [4.78, 5) is 11.8. The highest BCUT2D eigenvalue weighted by atomic mass is 19.4. The molecule has 1 heterocycles. The lowest BCUT2D eigenvalue weighted by molar-refractivity contribution is -0.140. The van der Waals surface area contributed by atoms with Gasteiger partial charge in [0.25, 0.3) is 0 Å². The Bertz CT molecular complexity index is 1390. The van der Waals surface area contributed by atoms with Gasteiger partial charge in [0.1, 0.15) is 35.5 Å². The normalized spacial score (nSPS) is 11.5. The minimum atomic E-state index is -4.60. The fourth-order valence-corrected chi connectivity index (χ4v) is 3.91. The third-order valence-electron chi connectivity index (χ3n) is 5.74. The molecule has 188 valence electrons. The second-order valence-corrected chi connectivity index (χ2v) is 8.09. The number of esters is 1. The van der Waals surface area contributed by atoms with Crippen LogP contribution in [-0.2, 0) is 35.3 Å². The average molecular weight is 499 g/mol. The molecular weight excluding hydrogens is 475 g/mol. The molecule has 36 heavy (non-hydrogen) atoms. The smallest absolute Gasteiger partial charge is 0.420 e. The predicted molar refractivity (Wildman–Crippen MR) is 128 cm³/mol. The molecule has 9 heteroatoms. The van der Waals surface area contributed by atoms with Crippen LogP contribution >= 0.6 is 0 Å². The summed E-state index contributed by atoms with van der Waals surface area (Å²) in [5, 5.41) is -0.0721. The first-order valence-corrected chi connectivity index (χ1v) is 11.0. The van der Waals surface area contributed by atoms with Gasteiger partial charge in [0.2, 0.25) is 0 Å². The largest absolute Gasteiger partial charge is 0.497 e. The molecule has 0 spiro atoms. The molecule has 0 unspecified atom stereocenters. The van der Waals surface area contributed by atoms with Crippen LogP contribution in [0.3, 0.4) is 0 Å². The van der Waals surface area contributed by atoms with Gasteiger partial charge in [-0.25, -0.2) is 0 Å². The maximum absolute atomic E-state index is 13.7. The van der Waals surface area contributed by atoms with Gasteiger partial charge in [-0.3, -0.25) is 4.79 Å². The molecule has 0 saturated carbocycles. The number of halogens is 3. The van der Waals surface area contributed by atoms with Gasteiger partial charge in [0.15, 0.2) is 0 Å². The maximum atomic E-state index is 13.7. The van der Waals surface area contributed by atoms with E-state index in [1.807, 2.05) is 12.1 Å². The number of nitrogens with two attached hydrogens (primary N) is 1. The molecule has 0 aliphatic carbocycles. The highest BCUT2D eigenvalue weighted by molar-refractivity contribution is 5.95.